The summed E-state index contributed by atoms with van der Waals surface area (Å²) in [4.78, 5) is 11.1. The van der Waals surface area contributed by atoms with E-state index in [0.717, 1.165) is 6.54 Å². The summed E-state index contributed by atoms with van der Waals surface area (Å²) in [6.07, 6.45) is 2.26. The van der Waals surface area contributed by atoms with Crippen molar-refractivity contribution in [2.75, 3.05) is 24.7 Å². The second-order valence-corrected chi connectivity index (χ2v) is 4.51. The minimum atomic E-state index is 0.0750. The lowest BCUT2D eigenvalue weighted by atomic mass is 10.1. The van der Waals surface area contributed by atoms with E-state index in [1.165, 1.54) is 17.9 Å². The lowest BCUT2D eigenvalue weighted by Crippen LogP contribution is -2.29. The molecule has 1 fully saturated rings. The van der Waals surface area contributed by atoms with Crippen molar-refractivity contribution in [3.05, 3.63) is 0 Å². The fourth-order valence-electron chi connectivity index (χ4n) is 1.33. The van der Waals surface area contributed by atoms with Crippen molar-refractivity contribution in [2.24, 2.45) is 5.92 Å². The van der Waals surface area contributed by atoms with Crippen LogP contribution in [-0.4, -0.2) is 35.7 Å². The number of hydrogen-bond donors (Lipinski definition) is 2. The summed E-state index contributed by atoms with van der Waals surface area (Å²) in [6, 6.07) is 0. The molecular formula is C9H17NO2S. The molecule has 0 aromatic rings. The van der Waals surface area contributed by atoms with Crippen molar-refractivity contribution >= 4 is 17.7 Å². The van der Waals surface area contributed by atoms with Crippen molar-refractivity contribution in [1.82, 2.24) is 5.32 Å². The van der Waals surface area contributed by atoms with E-state index in [0.29, 0.717) is 18.8 Å². The Bertz CT molecular complexity index is 158. The number of aliphatic hydroxyl groups is 1. The van der Waals surface area contributed by atoms with Crippen LogP contribution >= 0.6 is 11.8 Å². The molecule has 0 aromatic carbocycles. The molecule has 76 valence electrons. The van der Waals surface area contributed by atoms with E-state index < -0.39 is 0 Å². The van der Waals surface area contributed by atoms with E-state index in [1.54, 1.807) is 0 Å². The standard InChI is InChI=1S/C9H17NO2S/c11-4-1-2-9(12)10-6-8-3-5-13-7-8/h8,11H,1-7H2,(H,10,12). The summed E-state index contributed by atoms with van der Waals surface area (Å²) in [5.74, 6) is 3.16. The number of amides is 1. The number of carbonyl (C=O) groups is 1. The predicted octanol–water partition coefficient (Wildman–Crippen LogP) is 0.628. The zero-order chi connectivity index (χ0) is 9.52. The minimum absolute atomic E-state index is 0.0750. The number of aliphatic hydroxyl groups excluding tert-OH is 1. The van der Waals surface area contributed by atoms with Crippen molar-refractivity contribution < 1.29 is 9.90 Å². The first kappa shape index (κ1) is 10.9. The molecular weight excluding hydrogens is 186 g/mol. The number of hydrogen-bond acceptors (Lipinski definition) is 3. The van der Waals surface area contributed by atoms with Gasteiger partial charge < -0.3 is 10.4 Å². The molecule has 1 atom stereocenters. The normalized spacial score (nSPS) is 21.8. The molecule has 1 aliphatic heterocycles. The first-order chi connectivity index (χ1) is 6.33. The van der Waals surface area contributed by atoms with Crippen LogP contribution in [0.15, 0.2) is 0 Å². The summed E-state index contributed by atoms with van der Waals surface area (Å²) in [5.41, 5.74) is 0. The molecule has 1 amide bonds. The van der Waals surface area contributed by atoms with E-state index in [2.05, 4.69) is 5.32 Å². The first-order valence-electron chi connectivity index (χ1n) is 4.78. The lowest BCUT2D eigenvalue weighted by Gasteiger charge is -2.09. The topological polar surface area (TPSA) is 49.3 Å². The summed E-state index contributed by atoms with van der Waals surface area (Å²) >= 11 is 1.96. The zero-order valence-electron chi connectivity index (χ0n) is 7.79. The first-order valence-corrected chi connectivity index (χ1v) is 5.93. The van der Waals surface area contributed by atoms with Gasteiger partial charge in [-0.1, -0.05) is 0 Å². The highest BCUT2D eigenvalue weighted by Gasteiger charge is 2.15. The summed E-state index contributed by atoms with van der Waals surface area (Å²) in [7, 11) is 0. The number of carbonyl (C=O) groups excluding carboxylic acids is 1. The quantitative estimate of drug-likeness (QED) is 0.689. The third kappa shape index (κ3) is 4.52. The molecule has 0 radical (unpaired) electrons. The van der Waals surface area contributed by atoms with Gasteiger partial charge in [-0.25, -0.2) is 0 Å². The third-order valence-electron chi connectivity index (χ3n) is 2.17. The summed E-state index contributed by atoms with van der Waals surface area (Å²) < 4.78 is 0. The molecule has 1 saturated heterocycles. The maximum atomic E-state index is 11.1. The fourth-order valence-corrected chi connectivity index (χ4v) is 2.62. The Morgan fingerprint density at radius 3 is 3.08 bits per heavy atom. The molecule has 13 heavy (non-hydrogen) atoms. The largest absolute Gasteiger partial charge is 0.396 e. The molecule has 0 aliphatic carbocycles. The van der Waals surface area contributed by atoms with Crippen LogP contribution in [-0.2, 0) is 4.79 Å². The second-order valence-electron chi connectivity index (χ2n) is 3.36. The van der Waals surface area contributed by atoms with Gasteiger partial charge in [-0.15, -0.1) is 0 Å². The van der Waals surface area contributed by atoms with Crippen LogP contribution in [0.1, 0.15) is 19.3 Å². The Morgan fingerprint density at radius 2 is 2.46 bits per heavy atom. The highest BCUT2D eigenvalue weighted by Crippen LogP contribution is 2.22. The molecule has 1 aliphatic rings. The minimum Gasteiger partial charge on any atom is -0.396 e. The lowest BCUT2D eigenvalue weighted by molar-refractivity contribution is -0.121. The average Bonchev–Trinajstić information content (AvgIpc) is 2.64. The van der Waals surface area contributed by atoms with Gasteiger partial charge in [0.2, 0.25) is 5.91 Å². The molecule has 2 N–H and O–H groups in total. The van der Waals surface area contributed by atoms with Crippen LogP contribution in [0.3, 0.4) is 0 Å². The Balaban J connectivity index is 2.00. The van der Waals surface area contributed by atoms with Crippen molar-refractivity contribution in [3.63, 3.8) is 0 Å². The molecule has 1 rings (SSSR count). The number of thioether (sulfide) groups is 1. The number of rotatable bonds is 5. The van der Waals surface area contributed by atoms with Gasteiger partial charge in [-0.2, -0.15) is 11.8 Å². The fraction of sp³-hybridized carbons (Fsp3) is 0.889. The van der Waals surface area contributed by atoms with Gasteiger partial charge in [0.15, 0.2) is 0 Å². The van der Waals surface area contributed by atoms with Crippen LogP contribution in [0.25, 0.3) is 0 Å². The molecule has 0 spiro atoms. The maximum Gasteiger partial charge on any atom is 0.220 e. The average molecular weight is 203 g/mol. The summed E-state index contributed by atoms with van der Waals surface area (Å²) in [5, 5.41) is 11.4. The van der Waals surface area contributed by atoms with Crippen LogP contribution < -0.4 is 5.32 Å². The Morgan fingerprint density at radius 1 is 1.62 bits per heavy atom. The highest BCUT2D eigenvalue weighted by atomic mass is 32.2. The van der Waals surface area contributed by atoms with Gasteiger partial charge in [0.05, 0.1) is 0 Å². The van der Waals surface area contributed by atoms with E-state index in [1.807, 2.05) is 11.8 Å². The van der Waals surface area contributed by atoms with Gasteiger partial charge >= 0.3 is 0 Å². The highest BCUT2D eigenvalue weighted by molar-refractivity contribution is 7.99. The van der Waals surface area contributed by atoms with E-state index in [4.69, 9.17) is 5.11 Å². The van der Waals surface area contributed by atoms with Gasteiger partial charge in [0, 0.05) is 19.6 Å². The Hall–Kier alpha value is -0.220. The molecule has 1 heterocycles. The zero-order valence-corrected chi connectivity index (χ0v) is 8.61. The van der Waals surface area contributed by atoms with E-state index >= 15 is 0 Å². The van der Waals surface area contributed by atoms with Crippen LogP contribution in [0, 0.1) is 5.92 Å². The number of nitrogens with one attached hydrogen (secondary N) is 1. The summed E-state index contributed by atoms with van der Waals surface area (Å²) in [6.45, 7) is 0.921. The predicted molar refractivity (Wildman–Crippen MR) is 54.8 cm³/mol. The van der Waals surface area contributed by atoms with E-state index in [-0.39, 0.29) is 12.5 Å². The van der Waals surface area contributed by atoms with Crippen molar-refractivity contribution in [3.8, 4) is 0 Å². The van der Waals surface area contributed by atoms with Gasteiger partial charge in [-0.05, 0) is 30.3 Å². The van der Waals surface area contributed by atoms with Crippen LogP contribution in [0.4, 0.5) is 0 Å². The van der Waals surface area contributed by atoms with Crippen LogP contribution in [0.5, 0.6) is 0 Å². The van der Waals surface area contributed by atoms with E-state index in [9.17, 15) is 4.79 Å². The maximum absolute atomic E-state index is 11.1. The van der Waals surface area contributed by atoms with Crippen LogP contribution in [0.2, 0.25) is 0 Å². The second kappa shape index (κ2) is 6.27. The van der Waals surface area contributed by atoms with Crippen molar-refractivity contribution in [1.29, 1.82) is 0 Å². The van der Waals surface area contributed by atoms with Crippen molar-refractivity contribution in [2.45, 2.75) is 19.3 Å². The van der Waals surface area contributed by atoms with Gasteiger partial charge in [0.1, 0.15) is 0 Å². The third-order valence-corrected chi connectivity index (χ3v) is 3.41. The Kier molecular flexibility index (Phi) is 5.23. The molecule has 3 nitrogen and oxygen atoms in total. The molecule has 0 bridgehead atoms. The van der Waals surface area contributed by atoms with Gasteiger partial charge in [0.25, 0.3) is 0 Å². The molecule has 4 heteroatoms. The molecule has 0 saturated carbocycles. The molecule has 0 aromatic heterocycles. The Labute approximate surface area is 83.3 Å². The van der Waals surface area contributed by atoms with Gasteiger partial charge in [-0.3, -0.25) is 4.79 Å². The monoisotopic (exact) mass is 203 g/mol. The smallest absolute Gasteiger partial charge is 0.220 e. The molecule has 1 unspecified atom stereocenters. The SMILES string of the molecule is O=C(CCCO)NCC1CCSC1.